The smallest absolute Gasteiger partial charge is 0.255 e. The SMILES string of the molecule is CCCCNS(=O)(=O)c1cccc(NC(=O)c2cc(S(N)(=O)=O)ccc2C)c1. The summed E-state index contributed by atoms with van der Waals surface area (Å²) in [5.41, 5.74) is 0.944. The first-order valence-electron chi connectivity index (χ1n) is 8.59. The van der Waals surface area contributed by atoms with E-state index in [1.807, 2.05) is 6.92 Å². The van der Waals surface area contributed by atoms with Crippen molar-refractivity contribution in [3.63, 3.8) is 0 Å². The lowest BCUT2D eigenvalue weighted by molar-refractivity contribution is 0.102. The first-order valence-corrected chi connectivity index (χ1v) is 11.6. The first-order chi connectivity index (χ1) is 13.0. The normalized spacial score (nSPS) is 12.0. The summed E-state index contributed by atoms with van der Waals surface area (Å²) >= 11 is 0. The fraction of sp³-hybridized carbons (Fsp3) is 0.278. The molecular weight excluding hydrogens is 402 g/mol. The predicted molar refractivity (Wildman–Crippen MR) is 107 cm³/mol. The van der Waals surface area contributed by atoms with Gasteiger partial charge in [-0.15, -0.1) is 0 Å². The van der Waals surface area contributed by atoms with E-state index in [2.05, 4.69) is 10.0 Å². The highest BCUT2D eigenvalue weighted by atomic mass is 32.2. The van der Waals surface area contributed by atoms with Gasteiger partial charge in [-0.05, 0) is 49.2 Å². The molecule has 152 valence electrons. The molecule has 0 fully saturated rings. The first kappa shape index (κ1) is 22.0. The number of hydrogen-bond acceptors (Lipinski definition) is 5. The van der Waals surface area contributed by atoms with Gasteiger partial charge in [0.1, 0.15) is 0 Å². The Morgan fingerprint density at radius 2 is 1.75 bits per heavy atom. The molecule has 2 aromatic carbocycles. The highest BCUT2D eigenvalue weighted by Gasteiger charge is 2.17. The van der Waals surface area contributed by atoms with Gasteiger partial charge in [0.2, 0.25) is 20.0 Å². The zero-order valence-corrected chi connectivity index (χ0v) is 17.2. The van der Waals surface area contributed by atoms with E-state index in [1.165, 1.54) is 36.4 Å². The minimum absolute atomic E-state index is 0.0245. The lowest BCUT2D eigenvalue weighted by Crippen LogP contribution is -2.25. The van der Waals surface area contributed by atoms with Gasteiger partial charge < -0.3 is 5.32 Å². The molecule has 0 radical (unpaired) electrons. The van der Waals surface area contributed by atoms with Crippen molar-refractivity contribution in [2.45, 2.75) is 36.5 Å². The van der Waals surface area contributed by atoms with E-state index >= 15 is 0 Å². The van der Waals surface area contributed by atoms with Gasteiger partial charge in [0.25, 0.3) is 5.91 Å². The number of nitrogens with one attached hydrogen (secondary N) is 2. The van der Waals surface area contributed by atoms with Crippen LogP contribution in [0.4, 0.5) is 5.69 Å². The van der Waals surface area contributed by atoms with Crippen LogP contribution in [-0.4, -0.2) is 29.3 Å². The third-order valence-electron chi connectivity index (χ3n) is 4.01. The molecular formula is C18H23N3O5S2. The number of hydrogen-bond donors (Lipinski definition) is 3. The van der Waals surface area contributed by atoms with E-state index in [0.29, 0.717) is 12.1 Å². The Kier molecular flexibility index (Phi) is 6.94. The van der Waals surface area contributed by atoms with Gasteiger partial charge in [-0.25, -0.2) is 26.7 Å². The number of unbranched alkanes of at least 4 members (excludes halogenated alkanes) is 1. The van der Waals surface area contributed by atoms with Gasteiger partial charge >= 0.3 is 0 Å². The van der Waals surface area contributed by atoms with Crippen LogP contribution in [0, 0.1) is 6.92 Å². The lowest BCUT2D eigenvalue weighted by atomic mass is 10.1. The Hall–Kier alpha value is -2.27. The molecule has 0 aliphatic rings. The Bertz CT molecular complexity index is 1080. The van der Waals surface area contributed by atoms with E-state index in [4.69, 9.17) is 5.14 Å². The maximum absolute atomic E-state index is 12.6. The molecule has 2 aromatic rings. The van der Waals surface area contributed by atoms with Crippen molar-refractivity contribution < 1.29 is 21.6 Å². The summed E-state index contributed by atoms with van der Waals surface area (Å²) in [4.78, 5) is 12.4. The standard InChI is InChI=1S/C18H23N3O5S2/c1-3-4-10-20-28(25,26)16-7-5-6-14(11-16)21-18(22)17-12-15(27(19,23)24)9-8-13(17)2/h5-9,11-12,20H,3-4,10H2,1-2H3,(H,21,22)(H2,19,23,24). The zero-order valence-electron chi connectivity index (χ0n) is 15.6. The van der Waals surface area contributed by atoms with E-state index < -0.39 is 26.0 Å². The fourth-order valence-electron chi connectivity index (χ4n) is 2.43. The lowest BCUT2D eigenvalue weighted by Gasteiger charge is -2.11. The molecule has 4 N–H and O–H groups in total. The molecule has 0 saturated carbocycles. The highest BCUT2D eigenvalue weighted by Crippen LogP contribution is 2.19. The summed E-state index contributed by atoms with van der Waals surface area (Å²) in [5.74, 6) is -0.573. The van der Waals surface area contributed by atoms with Crippen LogP contribution in [0.15, 0.2) is 52.3 Å². The third-order valence-corrected chi connectivity index (χ3v) is 6.38. The number of anilines is 1. The Balaban J connectivity index is 2.26. The van der Waals surface area contributed by atoms with Crippen LogP contribution in [0.2, 0.25) is 0 Å². The second-order valence-electron chi connectivity index (χ2n) is 6.26. The molecule has 0 spiro atoms. The summed E-state index contributed by atoms with van der Waals surface area (Å²) in [7, 11) is -7.64. The number of nitrogens with two attached hydrogens (primary N) is 1. The van der Waals surface area contributed by atoms with Gasteiger partial charge in [-0.3, -0.25) is 4.79 Å². The molecule has 0 aliphatic heterocycles. The van der Waals surface area contributed by atoms with E-state index in [1.54, 1.807) is 13.0 Å². The molecule has 0 aliphatic carbocycles. The van der Waals surface area contributed by atoms with Crippen molar-refractivity contribution >= 4 is 31.6 Å². The molecule has 0 aromatic heterocycles. The quantitative estimate of drug-likeness (QED) is 0.556. The summed E-state index contributed by atoms with van der Waals surface area (Å²) in [6.07, 6.45) is 1.57. The summed E-state index contributed by atoms with van der Waals surface area (Å²) < 4.78 is 50.2. The van der Waals surface area contributed by atoms with Crippen LogP contribution in [0.1, 0.15) is 35.7 Å². The topological polar surface area (TPSA) is 135 Å². The van der Waals surface area contributed by atoms with Gasteiger partial charge in [-0.1, -0.05) is 25.5 Å². The number of amides is 1. The third kappa shape index (κ3) is 5.61. The second kappa shape index (κ2) is 8.82. The number of aryl methyl sites for hydroxylation is 1. The summed E-state index contributed by atoms with van der Waals surface area (Å²) in [6, 6.07) is 9.80. The van der Waals surface area contributed by atoms with E-state index in [9.17, 15) is 21.6 Å². The molecule has 0 unspecified atom stereocenters. The number of carbonyl (C=O) groups is 1. The van der Waals surface area contributed by atoms with Gasteiger partial charge in [0, 0.05) is 17.8 Å². The molecule has 0 heterocycles. The van der Waals surface area contributed by atoms with Crippen LogP contribution >= 0.6 is 0 Å². The molecule has 10 heteroatoms. The van der Waals surface area contributed by atoms with Gasteiger partial charge in [0.15, 0.2) is 0 Å². The maximum Gasteiger partial charge on any atom is 0.255 e. The average molecular weight is 426 g/mol. The predicted octanol–water partition coefficient (Wildman–Crippen LogP) is 1.97. The van der Waals surface area contributed by atoms with Crippen LogP contribution in [0.3, 0.4) is 0 Å². The van der Waals surface area contributed by atoms with Crippen molar-refractivity contribution in [1.82, 2.24) is 4.72 Å². The Morgan fingerprint density at radius 3 is 2.39 bits per heavy atom. The van der Waals surface area contributed by atoms with Crippen molar-refractivity contribution in [1.29, 1.82) is 0 Å². The van der Waals surface area contributed by atoms with Crippen molar-refractivity contribution in [2.24, 2.45) is 5.14 Å². The fourth-order valence-corrected chi connectivity index (χ4v) is 4.09. The number of sulfonamides is 2. The largest absolute Gasteiger partial charge is 0.322 e. The van der Waals surface area contributed by atoms with Crippen LogP contribution < -0.4 is 15.2 Å². The minimum atomic E-state index is -3.95. The monoisotopic (exact) mass is 425 g/mol. The molecule has 28 heavy (non-hydrogen) atoms. The molecule has 8 nitrogen and oxygen atoms in total. The van der Waals surface area contributed by atoms with E-state index in [0.717, 1.165) is 12.8 Å². The van der Waals surface area contributed by atoms with Crippen LogP contribution in [0.25, 0.3) is 0 Å². The number of carbonyl (C=O) groups excluding carboxylic acids is 1. The maximum atomic E-state index is 12.6. The Morgan fingerprint density at radius 1 is 1.04 bits per heavy atom. The average Bonchev–Trinajstić information content (AvgIpc) is 2.61. The van der Waals surface area contributed by atoms with Crippen molar-refractivity contribution in [3.05, 3.63) is 53.6 Å². The minimum Gasteiger partial charge on any atom is -0.322 e. The van der Waals surface area contributed by atoms with Gasteiger partial charge in [-0.2, -0.15) is 0 Å². The highest BCUT2D eigenvalue weighted by molar-refractivity contribution is 7.89. The zero-order chi connectivity index (χ0) is 20.9. The second-order valence-corrected chi connectivity index (χ2v) is 9.58. The van der Waals surface area contributed by atoms with Gasteiger partial charge in [0.05, 0.1) is 9.79 Å². The van der Waals surface area contributed by atoms with Crippen molar-refractivity contribution in [2.75, 3.05) is 11.9 Å². The summed E-state index contributed by atoms with van der Waals surface area (Å²) in [5, 5.41) is 7.70. The molecule has 2 rings (SSSR count). The van der Waals surface area contributed by atoms with Crippen LogP contribution in [-0.2, 0) is 20.0 Å². The Labute approximate surface area is 165 Å². The van der Waals surface area contributed by atoms with E-state index in [-0.39, 0.29) is 21.0 Å². The van der Waals surface area contributed by atoms with Crippen molar-refractivity contribution in [3.8, 4) is 0 Å². The number of benzene rings is 2. The molecule has 0 bridgehead atoms. The number of rotatable bonds is 8. The molecule has 0 saturated heterocycles. The molecule has 0 atom stereocenters. The van der Waals surface area contributed by atoms with Crippen LogP contribution in [0.5, 0.6) is 0 Å². The molecule has 1 amide bonds. The number of primary sulfonamides is 1. The summed E-state index contributed by atoms with van der Waals surface area (Å²) in [6.45, 7) is 3.94.